The van der Waals surface area contributed by atoms with Gasteiger partial charge in [0.2, 0.25) is 0 Å². The van der Waals surface area contributed by atoms with Gasteiger partial charge in [0.05, 0.1) is 0 Å². The van der Waals surface area contributed by atoms with Crippen molar-refractivity contribution in [3.63, 3.8) is 0 Å². The van der Waals surface area contributed by atoms with Crippen LogP contribution in [0.3, 0.4) is 0 Å². The van der Waals surface area contributed by atoms with Crippen LogP contribution in [0.1, 0.15) is 18.5 Å². The standard InChI is InChI=1S/C16H18FN3O/c1-11(18-2)12-4-3-5-15(10-12)20-16(21)19-14-8-6-13(17)7-9-14/h3-11,18H,1-2H3,(H2,19,20,21). The average molecular weight is 287 g/mol. The van der Waals surface area contributed by atoms with Crippen LogP contribution in [0.15, 0.2) is 48.5 Å². The van der Waals surface area contributed by atoms with Crippen LogP contribution in [0, 0.1) is 5.82 Å². The fourth-order valence-electron chi connectivity index (χ4n) is 1.88. The third-order valence-corrected chi connectivity index (χ3v) is 3.18. The highest BCUT2D eigenvalue weighted by Gasteiger charge is 2.06. The highest BCUT2D eigenvalue weighted by atomic mass is 19.1. The van der Waals surface area contributed by atoms with E-state index in [2.05, 4.69) is 16.0 Å². The molecule has 1 atom stereocenters. The maximum Gasteiger partial charge on any atom is 0.323 e. The van der Waals surface area contributed by atoms with Crippen molar-refractivity contribution in [2.75, 3.05) is 17.7 Å². The van der Waals surface area contributed by atoms with E-state index in [4.69, 9.17) is 0 Å². The molecule has 0 fully saturated rings. The van der Waals surface area contributed by atoms with E-state index in [9.17, 15) is 9.18 Å². The Labute approximate surface area is 123 Å². The molecule has 0 aromatic heterocycles. The van der Waals surface area contributed by atoms with Crippen LogP contribution in [-0.2, 0) is 0 Å². The second-order valence-electron chi connectivity index (χ2n) is 4.72. The summed E-state index contributed by atoms with van der Waals surface area (Å²) in [6, 6.07) is 13.0. The van der Waals surface area contributed by atoms with E-state index in [-0.39, 0.29) is 17.9 Å². The molecule has 0 saturated carbocycles. The number of carbonyl (C=O) groups excluding carboxylic acids is 1. The van der Waals surface area contributed by atoms with Gasteiger partial charge in [0.25, 0.3) is 0 Å². The number of urea groups is 1. The molecule has 4 nitrogen and oxygen atoms in total. The Morgan fingerprint density at radius 1 is 1.05 bits per heavy atom. The van der Waals surface area contributed by atoms with Gasteiger partial charge in [-0.15, -0.1) is 0 Å². The van der Waals surface area contributed by atoms with E-state index >= 15 is 0 Å². The van der Waals surface area contributed by atoms with Gasteiger partial charge in [-0.1, -0.05) is 12.1 Å². The van der Waals surface area contributed by atoms with Gasteiger partial charge in [-0.2, -0.15) is 0 Å². The molecule has 0 radical (unpaired) electrons. The molecule has 0 aliphatic heterocycles. The lowest BCUT2D eigenvalue weighted by molar-refractivity contribution is 0.262. The third-order valence-electron chi connectivity index (χ3n) is 3.18. The summed E-state index contributed by atoms with van der Waals surface area (Å²) in [5.41, 5.74) is 2.32. The minimum Gasteiger partial charge on any atom is -0.313 e. The Hall–Kier alpha value is -2.40. The lowest BCUT2D eigenvalue weighted by Gasteiger charge is -2.13. The number of hydrogen-bond acceptors (Lipinski definition) is 2. The SMILES string of the molecule is CNC(C)c1cccc(NC(=O)Nc2ccc(F)cc2)c1. The summed E-state index contributed by atoms with van der Waals surface area (Å²) in [7, 11) is 1.88. The predicted molar refractivity (Wildman–Crippen MR) is 83.0 cm³/mol. The lowest BCUT2D eigenvalue weighted by atomic mass is 10.1. The van der Waals surface area contributed by atoms with Crippen molar-refractivity contribution >= 4 is 17.4 Å². The number of halogens is 1. The Morgan fingerprint density at radius 2 is 1.71 bits per heavy atom. The molecule has 0 aliphatic rings. The first kappa shape index (κ1) is 15.0. The summed E-state index contributed by atoms with van der Waals surface area (Å²) in [6.45, 7) is 2.04. The van der Waals surface area contributed by atoms with Crippen LogP contribution in [0.2, 0.25) is 0 Å². The Balaban J connectivity index is 2.01. The highest BCUT2D eigenvalue weighted by Crippen LogP contribution is 2.17. The summed E-state index contributed by atoms with van der Waals surface area (Å²) in [4.78, 5) is 11.9. The van der Waals surface area contributed by atoms with Gasteiger partial charge in [-0.05, 0) is 55.9 Å². The summed E-state index contributed by atoms with van der Waals surface area (Å²) in [5, 5.41) is 8.54. The van der Waals surface area contributed by atoms with Crippen LogP contribution < -0.4 is 16.0 Å². The van der Waals surface area contributed by atoms with Crippen molar-refractivity contribution in [1.29, 1.82) is 0 Å². The maximum absolute atomic E-state index is 12.8. The van der Waals surface area contributed by atoms with Gasteiger partial charge in [0.15, 0.2) is 0 Å². The number of carbonyl (C=O) groups is 1. The van der Waals surface area contributed by atoms with Crippen LogP contribution >= 0.6 is 0 Å². The number of rotatable bonds is 4. The fraction of sp³-hybridized carbons (Fsp3) is 0.188. The van der Waals surface area contributed by atoms with Crippen LogP contribution in [0.5, 0.6) is 0 Å². The minimum atomic E-state index is -0.365. The summed E-state index contributed by atoms with van der Waals surface area (Å²) in [5.74, 6) is -0.338. The van der Waals surface area contributed by atoms with Gasteiger partial charge in [0, 0.05) is 17.4 Å². The molecule has 0 heterocycles. The van der Waals surface area contributed by atoms with Gasteiger partial charge < -0.3 is 16.0 Å². The summed E-state index contributed by atoms with van der Waals surface area (Å²) >= 11 is 0. The first-order valence-electron chi connectivity index (χ1n) is 6.69. The zero-order valence-corrected chi connectivity index (χ0v) is 12.0. The van der Waals surface area contributed by atoms with Crippen molar-refractivity contribution in [2.24, 2.45) is 0 Å². The molecule has 0 saturated heterocycles. The van der Waals surface area contributed by atoms with Crippen molar-refractivity contribution in [2.45, 2.75) is 13.0 Å². The van der Waals surface area contributed by atoms with Crippen molar-refractivity contribution < 1.29 is 9.18 Å². The topological polar surface area (TPSA) is 53.2 Å². The Bertz CT molecular complexity index is 613. The second-order valence-corrected chi connectivity index (χ2v) is 4.72. The predicted octanol–water partition coefficient (Wildman–Crippen LogP) is 3.75. The molecule has 2 aromatic carbocycles. The molecule has 5 heteroatoms. The molecule has 2 amide bonds. The minimum absolute atomic E-state index is 0.201. The molecule has 2 aromatic rings. The largest absolute Gasteiger partial charge is 0.323 e. The molecule has 0 spiro atoms. The quantitative estimate of drug-likeness (QED) is 0.802. The Morgan fingerprint density at radius 3 is 2.38 bits per heavy atom. The molecule has 3 N–H and O–H groups in total. The number of nitrogens with one attached hydrogen (secondary N) is 3. The molecule has 110 valence electrons. The number of amides is 2. The second kappa shape index (κ2) is 6.85. The Kier molecular flexibility index (Phi) is 4.90. The van der Waals surface area contributed by atoms with Crippen LogP contribution in [-0.4, -0.2) is 13.1 Å². The van der Waals surface area contributed by atoms with Crippen LogP contribution in [0.4, 0.5) is 20.6 Å². The van der Waals surface area contributed by atoms with Crippen molar-refractivity contribution in [1.82, 2.24) is 5.32 Å². The molecule has 21 heavy (non-hydrogen) atoms. The lowest BCUT2D eigenvalue weighted by Crippen LogP contribution is -2.20. The van der Waals surface area contributed by atoms with E-state index in [1.54, 1.807) is 0 Å². The van der Waals surface area contributed by atoms with E-state index in [0.717, 1.165) is 5.56 Å². The van der Waals surface area contributed by atoms with Gasteiger partial charge in [0.1, 0.15) is 5.82 Å². The third kappa shape index (κ3) is 4.29. The number of benzene rings is 2. The monoisotopic (exact) mass is 287 g/mol. The van der Waals surface area contributed by atoms with Gasteiger partial charge >= 0.3 is 6.03 Å². The molecular formula is C16H18FN3O. The molecule has 0 aliphatic carbocycles. The molecule has 0 bridgehead atoms. The van der Waals surface area contributed by atoms with E-state index < -0.39 is 0 Å². The zero-order valence-electron chi connectivity index (χ0n) is 12.0. The molecule has 1 unspecified atom stereocenters. The zero-order chi connectivity index (χ0) is 15.2. The van der Waals surface area contributed by atoms with Crippen molar-refractivity contribution in [3.05, 3.63) is 59.9 Å². The summed E-state index contributed by atoms with van der Waals surface area (Å²) in [6.07, 6.45) is 0. The molecular weight excluding hydrogens is 269 g/mol. The fourth-order valence-corrected chi connectivity index (χ4v) is 1.88. The van der Waals surface area contributed by atoms with Gasteiger partial charge in [-0.25, -0.2) is 9.18 Å². The smallest absolute Gasteiger partial charge is 0.313 e. The van der Waals surface area contributed by atoms with Gasteiger partial charge in [-0.3, -0.25) is 0 Å². The van der Waals surface area contributed by atoms with E-state index in [1.807, 2.05) is 38.2 Å². The summed E-state index contributed by atoms with van der Waals surface area (Å²) < 4.78 is 12.8. The van der Waals surface area contributed by atoms with Crippen LogP contribution in [0.25, 0.3) is 0 Å². The molecule has 2 rings (SSSR count). The first-order valence-corrected chi connectivity index (χ1v) is 6.69. The van der Waals surface area contributed by atoms with Crippen molar-refractivity contribution in [3.8, 4) is 0 Å². The number of hydrogen-bond donors (Lipinski definition) is 3. The maximum atomic E-state index is 12.8. The first-order chi connectivity index (χ1) is 10.1. The normalized spacial score (nSPS) is 11.8. The number of anilines is 2. The van der Waals surface area contributed by atoms with E-state index in [0.29, 0.717) is 11.4 Å². The average Bonchev–Trinajstić information content (AvgIpc) is 2.49. The highest BCUT2D eigenvalue weighted by molar-refractivity contribution is 5.99. The van der Waals surface area contributed by atoms with E-state index in [1.165, 1.54) is 24.3 Å².